The first-order valence-corrected chi connectivity index (χ1v) is 11.5. The van der Waals surface area contributed by atoms with Gasteiger partial charge in [-0.2, -0.15) is 13.2 Å². The van der Waals surface area contributed by atoms with Crippen LogP contribution in [0.2, 0.25) is 0 Å². The number of halogens is 5. The third-order valence-corrected chi connectivity index (χ3v) is 6.94. The van der Waals surface area contributed by atoms with Crippen molar-refractivity contribution in [2.45, 2.75) is 49.9 Å². The van der Waals surface area contributed by atoms with Gasteiger partial charge in [0.05, 0.1) is 5.52 Å². The molecule has 192 valence electrons. The fraction of sp³-hybridized carbons (Fsp3) is 0.400. The molecule has 1 saturated heterocycles. The molecule has 0 radical (unpaired) electrons. The smallest absolute Gasteiger partial charge is 0.324 e. The Balaban J connectivity index is 0.00000152. The Morgan fingerprint density at radius 1 is 1.06 bits per heavy atom. The highest BCUT2D eigenvalue weighted by atomic mass is 35.5. The van der Waals surface area contributed by atoms with Crippen LogP contribution >= 0.6 is 24.8 Å². The van der Waals surface area contributed by atoms with Crippen LogP contribution in [0.4, 0.5) is 13.2 Å². The van der Waals surface area contributed by atoms with Gasteiger partial charge in [0, 0.05) is 30.2 Å². The van der Waals surface area contributed by atoms with E-state index in [9.17, 15) is 13.2 Å². The number of nitrogens with zero attached hydrogens (tertiary/aromatic N) is 5. The first kappa shape index (κ1) is 26.6. The van der Waals surface area contributed by atoms with Crippen molar-refractivity contribution >= 4 is 41.4 Å². The zero-order valence-corrected chi connectivity index (χ0v) is 21.2. The second-order valence-electron chi connectivity index (χ2n) is 9.96. The maximum absolute atomic E-state index is 14.2. The van der Waals surface area contributed by atoms with Gasteiger partial charge in [-0.3, -0.25) is 9.30 Å². The van der Waals surface area contributed by atoms with Crippen molar-refractivity contribution in [1.29, 1.82) is 0 Å². The van der Waals surface area contributed by atoms with Crippen LogP contribution in [-0.2, 0) is 0 Å². The van der Waals surface area contributed by atoms with Gasteiger partial charge >= 0.3 is 6.18 Å². The number of pyridine rings is 2. The quantitative estimate of drug-likeness (QED) is 0.361. The minimum absolute atomic E-state index is 0. The van der Waals surface area contributed by atoms with Gasteiger partial charge in [-0.05, 0) is 61.4 Å². The van der Waals surface area contributed by atoms with Crippen molar-refractivity contribution < 1.29 is 13.2 Å². The maximum Gasteiger partial charge on any atom is 0.408 e. The monoisotopic (exact) mass is 538 g/mol. The largest absolute Gasteiger partial charge is 0.408 e. The van der Waals surface area contributed by atoms with Gasteiger partial charge in [0.1, 0.15) is 11.7 Å². The normalized spacial score (nSPS) is 21.4. The predicted octanol–water partition coefficient (Wildman–Crippen LogP) is 5.69. The fourth-order valence-electron chi connectivity index (χ4n) is 5.02. The Hall–Kier alpha value is -2.46. The molecule has 2 N–H and O–H groups in total. The van der Waals surface area contributed by atoms with Crippen molar-refractivity contribution in [2.24, 2.45) is 5.73 Å². The average molecular weight is 539 g/mol. The van der Waals surface area contributed by atoms with E-state index in [-0.39, 0.29) is 36.9 Å². The number of benzene rings is 1. The van der Waals surface area contributed by atoms with Crippen LogP contribution in [0.15, 0.2) is 48.7 Å². The zero-order valence-electron chi connectivity index (χ0n) is 19.6. The molecule has 0 bridgehead atoms. The van der Waals surface area contributed by atoms with E-state index in [4.69, 9.17) is 10.7 Å². The summed E-state index contributed by atoms with van der Waals surface area (Å²) < 4.78 is 44.2. The van der Waals surface area contributed by atoms with Gasteiger partial charge in [-0.25, -0.2) is 4.98 Å². The SMILES string of the molecule is CC1(N)CCN([C@@H](c2ccc3nnc(-c4ccc5ccc(C6CC6)cc5n4)n3c2)C(F)(F)F)C1.Cl.Cl. The summed E-state index contributed by atoms with van der Waals surface area (Å²) in [6.45, 7) is 2.27. The second kappa shape index (κ2) is 9.45. The van der Waals surface area contributed by atoms with Crippen molar-refractivity contribution in [3.8, 4) is 11.5 Å². The van der Waals surface area contributed by atoms with Crippen LogP contribution in [0.5, 0.6) is 0 Å². The highest BCUT2D eigenvalue weighted by Gasteiger charge is 2.48. The Kier molecular flexibility index (Phi) is 6.98. The molecule has 1 saturated carbocycles. The van der Waals surface area contributed by atoms with Crippen molar-refractivity contribution in [3.63, 3.8) is 0 Å². The van der Waals surface area contributed by atoms with Crippen molar-refractivity contribution in [2.75, 3.05) is 13.1 Å². The molecule has 4 aromatic rings. The molecule has 2 fully saturated rings. The van der Waals surface area contributed by atoms with Gasteiger partial charge in [0.2, 0.25) is 0 Å². The summed E-state index contributed by atoms with van der Waals surface area (Å²) in [5.41, 5.74) is 8.80. The van der Waals surface area contributed by atoms with Crippen LogP contribution in [0.3, 0.4) is 0 Å². The highest BCUT2D eigenvalue weighted by molar-refractivity contribution is 5.85. The molecular formula is C25H27Cl2F3N6. The molecule has 2 aliphatic rings. The van der Waals surface area contributed by atoms with Crippen molar-refractivity contribution in [1.82, 2.24) is 24.5 Å². The van der Waals surface area contributed by atoms with E-state index in [0.717, 1.165) is 10.9 Å². The van der Waals surface area contributed by atoms with Crippen LogP contribution in [-0.4, -0.2) is 49.3 Å². The third-order valence-electron chi connectivity index (χ3n) is 6.94. The van der Waals surface area contributed by atoms with E-state index in [1.54, 1.807) is 17.4 Å². The molecule has 11 heteroatoms. The number of hydrogen-bond donors (Lipinski definition) is 1. The fourth-order valence-corrected chi connectivity index (χ4v) is 5.02. The number of alkyl halides is 3. The third kappa shape index (κ3) is 4.89. The molecular weight excluding hydrogens is 512 g/mol. The lowest BCUT2D eigenvalue weighted by molar-refractivity contribution is -0.184. The number of rotatable bonds is 4. The van der Waals surface area contributed by atoms with Crippen LogP contribution < -0.4 is 5.73 Å². The van der Waals surface area contributed by atoms with Crippen LogP contribution in [0, 0.1) is 0 Å². The zero-order chi connectivity index (χ0) is 23.7. The van der Waals surface area contributed by atoms with Gasteiger partial charge in [-0.1, -0.05) is 24.3 Å². The molecule has 0 spiro atoms. The molecule has 4 heterocycles. The molecule has 0 amide bonds. The summed E-state index contributed by atoms with van der Waals surface area (Å²) in [5, 5.41) is 9.45. The number of likely N-dealkylation sites (tertiary alicyclic amines) is 1. The molecule has 1 unspecified atom stereocenters. The molecule has 1 aliphatic heterocycles. The summed E-state index contributed by atoms with van der Waals surface area (Å²) in [4.78, 5) is 6.20. The van der Waals surface area contributed by atoms with Crippen LogP contribution in [0.25, 0.3) is 28.1 Å². The van der Waals surface area contributed by atoms with E-state index in [0.29, 0.717) is 36.0 Å². The van der Waals surface area contributed by atoms with E-state index in [2.05, 4.69) is 28.4 Å². The van der Waals surface area contributed by atoms with Crippen molar-refractivity contribution in [3.05, 3.63) is 59.8 Å². The molecule has 6 nitrogen and oxygen atoms in total. The first-order chi connectivity index (χ1) is 16.2. The van der Waals surface area contributed by atoms with Gasteiger partial charge in [-0.15, -0.1) is 35.0 Å². The van der Waals surface area contributed by atoms with E-state index in [1.165, 1.54) is 35.6 Å². The molecule has 1 aliphatic carbocycles. The number of nitrogens with two attached hydrogens (primary N) is 1. The van der Waals surface area contributed by atoms with Gasteiger partial charge in [0.15, 0.2) is 11.5 Å². The van der Waals surface area contributed by atoms with E-state index >= 15 is 0 Å². The molecule has 36 heavy (non-hydrogen) atoms. The van der Waals surface area contributed by atoms with E-state index in [1.807, 2.05) is 12.1 Å². The number of hydrogen-bond acceptors (Lipinski definition) is 5. The number of fused-ring (bicyclic) bond motifs is 2. The summed E-state index contributed by atoms with van der Waals surface area (Å²) in [6.07, 6.45) is -0.0410. The molecule has 1 aromatic carbocycles. The minimum Gasteiger partial charge on any atom is -0.324 e. The average Bonchev–Trinajstić information content (AvgIpc) is 3.46. The van der Waals surface area contributed by atoms with Gasteiger partial charge < -0.3 is 5.73 Å². The lowest BCUT2D eigenvalue weighted by Gasteiger charge is -2.31. The van der Waals surface area contributed by atoms with Crippen LogP contribution in [0.1, 0.15) is 49.3 Å². The predicted molar refractivity (Wildman–Crippen MR) is 138 cm³/mol. The topological polar surface area (TPSA) is 72.3 Å². The highest BCUT2D eigenvalue weighted by Crippen LogP contribution is 2.42. The van der Waals surface area contributed by atoms with Gasteiger partial charge in [0.25, 0.3) is 0 Å². The lowest BCUT2D eigenvalue weighted by Crippen LogP contribution is -2.43. The summed E-state index contributed by atoms with van der Waals surface area (Å²) in [5.74, 6) is 1.02. The maximum atomic E-state index is 14.2. The summed E-state index contributed by atoms with van der Waals surface area (Å²) in [6, 6.07) is 11.4. The Labute approximate surface area is 218 Å². The Morgan fingerprint density at radius 3 is 2.47 bits per heavy atom. The minimum atomic E-state index is -4.44. The molecule has 6 rings (SSSR count). The molecule has 2 atom stereocenters. The Morgan fingerprint density at radius 2 is 1.81 bits per heavy atom. The second-order valence-corrected chi connectivity index (χ2v) is 9.96. The summed E-state index contributed by atoms with van der Waals surface area (Å²) >= 11 is 0. The lowest BCUT2D eigenvalue weighted by atomic mass is 10.0. The number of aromatic nitrogens is 4. The summed E-state index contributed by atoms with van der Waals surface area (Å²) in [7, 11) is 0. The standard InChI is InChI=1S/C25H25F3N6.2ClH/c1-24(29)10-11-33(14-24)22(25(26,27)28)18-7-9-21-31-32-23(34(21)13-18)19-8-6-16-4-5-17(15-2-3-15)12-20(16)30-19;;/h4-9,12-13,15,22H,2-3,10-11,14,29H2,1H3;2*1H/t22-,24?;;/m0../s1. The van der Waals surface area contributed by atoms with E-state index < -0.39 is 17.8 Å². The Bertz CT molecular complexity index is 1400. The first-order valence-electron chi connectivity index (χ1n) is 11.5. The molecule has 3 aromatic heterocycles.